The lowest BCUT2D eigenvalue weighted by Gasteiger charge is -2.31. The SMILES string of the molecule is CN(CC(C)(C)c1ccccc1)C(=O)c1ccc2nc[nH]c2c1. The molecule has 0 aliphatic carbocycles. The molecule has 1 aromatic heterocycles. The van der Waals surface area contributed by atoms with Gasteiger partial charge >= 0.3 is 0 Å². The number of rotatable bonds is 4. The summed E-state index contributed by atoms with van der Waals surface area (Å²) in [5.41, 5.74) is 3.54. The van der Waals surface area contributed by atoms with Crippen molar-refractivity contribution in [2.45, 2.75) is 19.3 Å². The zero-order chi connectivity index (χ0) is 16.4. The number of nitrogens with one attached hydrogen (secondary N) is 1. The second-order valence-corrected chi connectivity index (χ2v) is 6.55. The van der Waals surface area contributed by atoms with E-state index in [-0.39, 0.29) is 11.3 Å². The highest BCUT2D eigenvalue weighted by Crippen LogP contribution is 2.24. The molecule has 1 N–H and O–H groups in total. The minimum Gasteiger partial charge on any atom is -0.345 e. The molecular weight excluding hydrogens is 286 g/mol. The molecule has 1 heterocycles. The molecule has 0 fully saturated rings. The van der Waals surface area contributed by atoms with E-state index < -0.39 is 0 Å². The van der Waals surface area contributed by atoms with Gasteiger partial charge in [-0.1, -0.05) is 44.2 Å². The third-order valence-corrected chi connectivity index (χ3v) is 4.20. The number of likely N-dealkylation sites (N-methyl/N-ethyl adjacent to an activating group) is 1. The maximum absolute atomic E-state index is 12.7. The summed E-state index contributed by atoms with van der Waals surface area (Å²) in [7, 11) is 1.85. The Kier molecular flexibility index (Phi) is 3.90. The quantitative estimate of drug-likeness (QED) is 0.800. The van der Waals surface area contributed by atoms with E-state index in [0.29, 0.717) is 12.1 Å². The van der Waals surface area contributed by atoms with Crippen LogP contribution in [0, 0.1) is 0 Å². The van der Waals surface area contributed by atoms with Crippen LogP contribution in [0.1, 0.15) is 29.8 Å². The number of aromatic amines is 1. The Bertz CT molecular complexity index is 821. The molecule has 0 saturated carbocycles. The first kappa shape index (κ1) is 15.3. The number of H-pyrrole nitrogens is 1. The predicted molar refractivity (Wildman–Crippen MR) is 92.5 cm³/mol. The fourth-order valence-corrected chi connectivity index (χ4v) is 2.93. The van der Waals surface area contributed by atoms with E-state index >= 15 is 0 Å². The zero-order valence-corrected chi connectivity index (χ0v) is 13.7. The zero-order valence-electron chi connectivity index (χ0n) is 13.7. The summed E-state index contributed by atoms with van der Waals surface area (Å²) in [6.07, 6.45) is 1.64. The van der Waals surface area contributed by atoms with Crippen LogP contribution in [0.15, 0.2) is 54.9 Å². The lowest BCUT2D eigenvalue weighted by molar-refractivity contribution is 0.0768. The fourth-order valence-electron chi connectivity index (χ4n) is 2.93. The minimum atomic E-state index is -0.107. The van der Waals surface area contributed by atoms with Gasteiger partial charge in [0.2, 0.25) is 0 Å². The van der Waals surface area contributed by atoms with Crippen molar-refractivity contribution in [2.75, 3.05) is 13.6 Å². The first-order valence-electron chi connectivity index (χ1n) is 7.71. The highest BCUT2D eigenvalue weighted by atomic mass is 16.2. The van der Waals surface area contributed by atoms with Crippen molar-refractivity contribution in [3.8, 4) is 0 Å². The number of hydrogen-bond donors (Lipinski definition) is 1. The van der Waals surface area contributed by atoms with Gasteiger partial charge in [-0.3, -0.25) is 4.79 Å². The Morgan fingerprint density at radius 1 is 1.17 bits per heavy atom. The molecule has 0 bridgehead atoms. The molecule has 0 saturated heterocycles. The Hall–Kier alpha value is -2.62. The molecule has 23 heavy (non-hydrogen) atoms. The Labute approximate surface area is 136 Å². The van der Waals surface area contributed by atoms with Crippen molar-refractivity contribution in [3.05, 3.63) is 66.0 Å². The van der Waals surface area contributed by atoms with Gasteiger partial charge in [0.1, 0.15) is 0 Å². The Balaban J connectivity index is 1.79. The van der Waals surface area contributed by atoms with Crippen molar-refractivity contribution in [1.29, 1.82) is 0 Å². The maximum Gasteiger partial charge on any atom is 0.253 e. The number of aromatic nitrogens is 2. The smallest absolute Gasteiger partial charge is 0.253 e. The van der Waals surface area contributed by atoms with E-state index in [0.717, 1.165) is 11.0 Å². The van der Waals surface area contributed by atoms with Crippen molar-refractivity contribution in [3.63, 3.8) is 0 Å². The standard InChI is InChI=1S/C19H21N3O/c1-19(2,15-7-5-4-6-8-15)12-22(3)18(23)14-9-10-16-17(11-14)21-13-20-16/h4-11,13H,12H2,1-3H3,(H,20,21). The number of carbonyl (C=O) groups is 1. The van der Waals surface area contributed by atoms with Crippen molar-refractivity contribution in [1.82, 2.24) is 14.9 Å². The number of hydrogen-bond acceptors (Lipinski definition) is 2. The van der Waals surface area contributed by atoms with E-state index in [2.05, 4.69) is 35.9 Å². The number of nitrogens with zero attached hydrogens (tertiary/aromatic N) is 2. The molecule has 0 unspecified atom stereocenters. The number of imidazole rings is 1. The molecule has 0 aliphatic heterocycles. The van der Waals surface area contributed by atoms with Crippen molar-refractivity contribution < 1.29 is 4.79 Å². The van der Waals surface area contributed by atoms with Gasteiger partial charge in [-0.2, -0.15) is 0 Å². The minimum absolute atomic E-state index is 0.0190. The van der Waals surface area contributed by atoms with Crippen LogP contribution in [-0.4, -0.2) is 34.4 Å². The van der Waals surface area contributed by atoms with Gasteiger partial charge in [0.25, 0.3) is 5.91 Å². The van der Waals surface area contributed by atoms with Crippen LogP contribution in [0.4, 0.5) is 0 Å². The van der Waals surface area contributed by atoms with Gasteiger partial charge in [-0.05, 0) is 23.8 Å². The van der Waals surface area contributed by atoms with Crippen molar-refractivity contribution >= 4 is 16.9 Å². The van der Waals surface area contributed by atoms with Gasteiger partial charge in [-0.15, -0.1) is 0 Å². The van der Waals surface area contributed by atoms with Crippen molar-refractivity contribution in [2.24, 2.45) is 0 Å². The lowest BCUT2D eigenvalue weighted by Crippen LogP contribution is -2.38. The van der Waals surface area contributed by atoms with Gasteiger partial charge in [-0.25, -0.2) is 4.98 Å². The third-order valence-electron chi connectivity index (χ3n) is 4.20. The summed E-state index contributed by atoms with van der Waals surface area (Å²) >= 11 is 0. The van der Waals surface area contributed by atoms with E-state index in [1.807, 2.05) is 43.4 Å². The molecule has 0 spiro atoms. The fraction of sp³-hybridized carbons (Fsp3) is 0.263. The van der Waals surface area contributed by atoms with Gasteiger partial charge in [0, 0.05) is 24.6 Å². The summed E-state index contributed by atoms with van der Waals surface area (Å²) in [6.45, 7) is 4.96. The maximum atomic E-state index is 12.7. The topological polar surface area (TPSA) is 49.0 Å². The molecule has 0 atom stereocenters. The van der Waals surface area contributed by atoms with Crippen LogP contribution in [0.25, 0.3) is 11.0 Å². The number of carbonyl (C=O) groups excluding carboxylic acids is 1. The number of benzene rings is 2. The number of amides is 1. The molecule has 1 amide bonds. The van der Waals surface area contributed by atoms with Crippen LogP contribution in [0.5, 0.6) is 0 Å². The van der Waals surface area contributed by atoms with E-state index in [4.69, 9.17) is 0 Å². The van der Waals surface area contributed by atoms with Gasteiger partial charge in [0.15, 0.2) is 0 Å². The largest absolute Gasteiger partial charge is 0.345 e. The summed E-state index contributed by atoms with van der Waals surface area (Å²) in [5, 5.41) is 0. The summed E-state index contributed by atoms with van der Waals surface area (Å²) in [6, 6.07) is 15.8. The second-order valence-electron chi connectivity index (χ2n) is 6.55. The molecule has 118 valence electrons. The van der Waals surface area contributed by atoms with Crippen LogP contribution < -0.4 is 0 Å². The van der Waals surface area contributed by atoms with Crippen LogP contribution in [-0.2, 0) is 5.41 Å². The van der Waals surface area contributed by atoms with Gasteiger partial charge in [0.05, 0.1) is 17.4 Å². The van der Waals surface area contributed by atoms with E-state index in [1.54, 1.807) is 11.2 Å². The molecule has 3 aromatic rings. The Morgan fingerprint density at radius 2 is 1.91 bits per heavy atom. The van der Waals surface area contributed by atoms with Crippen LogP contribution in [0.3, 0.4) is 0 Å². The number of fused-ring (bicyclic) bond motifs is 1. The van der Waals surface area contributed by atoms with E-state index in [1.165, 1.54) is 5.56 Å². The van der Waals surface area contributed by atoms with Crippen LogP contribution >= 0.6 is 0 Å². The van der Waals surface area contributed by atoms with Gasteiger partial charge < -0.3 is 9.88 Å². The molecule has 0 aliphatic rings. The second kappa shape index (κ2) is 5.88. The highest BCUT2D eigenvalue weighted by Gasteiger charge is 2.25. The normalized spacial score (nSPS) is 11.6. The summed E-state index contributed by atoms with van der Waals surface area (Å²) in [5.74, 6) is 0.0190. The molecule has 4 nitrogen and oxygen atoms in total. The highest BCUT2D eigenvalue weighted by molar-refractivity contribution is 5.97. The molecule has 2 aromatic carbocycles. The molecule has 0 radical (unpaired) electrons. The first-order chi connectivity index (χ1) is 11.0. The molecular formula is C19H21N3O. The summed E-state index contributed by atoms with van der Waals surface area (Å²) in [4.78, 5) is 21.7. The van der Waals surface area contributed by atoms with E-state index in [9.17, 15) is 4.79 Å². The average Bonchev–Trinajstić information content (AvgIpc) is 3.02. The predicted octanol–water partition coefficient (Wildman–Crippen LogP) is 3.61. The summed E-state index contributed by atoms with van der Waals surface area (Å²) < 4.78 is 0. The Morgan fingerprint density at radius 3 is 2.65 bits per heavy atom. The molecule has 4 heteroatoms. The monoisotopic (exact) mass is 307 g/mol. The van der Waals surface area contributed by atoms with Crippen LogP contribution in [0.2, 0.25) is 0 Å². The lowest BCUT2D eigenvalue weighted by atomic mass is 9.84. The first-order valence-corrected chi connectivity index (χ1v) is 7.71. The molecule has 3 rings (SSSR count). The average molecular weight is 307 g/mol. The third kappa shape index (κ3) is 3.11.